The number of benzene rings is 3. The van der Waals surface area contributed by atoms with Gasteiger partial charge in [0.05, 0.1) is 23.7 Å². The Morgan fingerprint density at radius 2 is 1.47 bits per heavy atom. The second-order valence-electron chi connectivity index (χ2n) is 9.71. The molecule has 1 aromatic heterocycles. The van der Waals surface area contributed by atoms with E-state index in [1.165, 1.54) is 4.90 Å². The summed E-state index contributed by atoms with van der Waals surface area (Å²) in [5, 5.41) is 1.07. The lowest BCUT2D eigenvalue weighted by atomic mass is 9.99. The normalized spacial score (nSPS) is 17.5. The quantitative estimate of drug-likeness (QED) is 0.374. The van der Waals surface area contributed by atoms with Gasteiger partial charge in [0.2, 0.25) is 5.91 Å². The summed E-state index contributed by atoms with van der Waals surface area (Å²) in [7, 11) is 2.04. The molecule has 3 heterocycles. The fraction of sp³-hybridized carbons (Fsp3) is 0.233. The molecule has 6 nitrogen and oxygen atoms in total. The Balaban J connectivity index is 1.37. The minimum Gasteiger partial charge on any atom is -0.348 e. The Hall–Kier alpha value is -4.19. The van der Waals surface area contributed by atoms with Crippen molar-refractivity contribution in [3.63, 3.8) is 0 Å². The molecule has 4 aromatic rings. The van der Waals surface area contributed by atoms with Gasteiger partial charge in [-0.3, -0.25) is 19.3 Å². The summed E-state index contributed by atoms with van der Waals surface area (Å²) in [6, 6.07) is 23.2. The second-order valence-corrected chi connectivity index (χ2v) is 9.71. The van der Waals surface area contributed by atoms with E-state index in [4.69, 9.17) is 0 Å². The number of carbonyl (C=O) groups is 3. The van der Waals surface area contributed by atoms with Gasteiger partial charge in [0, 0.05) is 42.2 Å². The van der Waals surface area contributed by atoms with Gasteiger partial charge in [-0.25, -0.2) is 0 Å². The van der Waals surface area contributed by atoms with E-state index < -0.39 is 0 Å². The van der Waals surface area contributed by atoms with Gasteiger partial charge in [0.25, 0.3) is 11.8 Å². The summed E-state index contributed by atoms with van der Waals surface area (Å²) in [4.78, 5) is 42.1. The standard InChI is InChI=1S/C30H27N3O3/c1-19-28(26-14-15-27(34)32(26)17-20-8-4-3-5-9-20)24-16-21(12-13-25(24)31(19)2)18-33-29(35)22-10-6-7-11-23(22)30(33)36/h3-13,16,26H,14-15,17-18H2,1-2H3/t26-/m1/s1. The lowest BCUT2D eigenvalue weighted by Crippen LogP contribution is -2.29. The number of rotatable bonds is 5. The zero-order valence-corrected chi connectivity index (χ0v) is 20.4. The molecule has 0 saturated carbocycles. The van der Waals surface area contributed by atoms with E-state index in [-0.39, 0.29) is 30.3 Å². The highest BCUT2D eigenvalue weighted by Crippen LogP contribution is 2.41. The van der Waals surface area contributed by atoms with E-state index in [1.54, 1.807) is 24.3 Å². The Kier molecular flexibility index (Phi) is 5.25. The lowest BCUT2D eigenvalue weighted by Gasteiger charge is -2.26. The maximum Gasteiger partial charge on any atom is 0.261 e. The Morgan fingerprint density at radius 3 is 2.17 bits per heavy atom. The van der Waals surface area contributed by atoms with Crippen LogP contribution in [0.4, 0.5) is 0 Å². The van der Waals surface area contributed by atoms with Gasteiger partial charge in [-0.05, 0) is 48.7 Å². The van der Waals surface area contributed by atoms with Crippen molar-refractivity contribution >= 4 is 28.6 Å². The molecule has 1 atom stereocenters. The van der Waals surface area contributed by atoms with Gasteiger partial charge in [0.1, 0.15) is 0 Å². The molecule has 0 bridgehead atoms. The number of hydrogen-bond donors (Lipinski definition) is 0. The lowest BCUT2D eigenvalue weighted by molar-refractivity contribution is -0.129. The van der Waals surface area contributed by atoms with Gasteiger partial charge >= 0.3 is 0 Å². The molecule has 0 spiro atoms. The van der Waals surface area contributed by atoms with Crippen molar-refractivity contribution in [2.24, 2.45) is 7.05 Å². The van der Waals surface area contributed by atoms with Crippen LogP contribution in [-0.2, 0) is 24.9 Å². The van der Waals surface area contributed by atoms with Crippen LogP contribution in [0, 0.1) is 6.92 Å². The summed E-state index contributed by atoms with van der Waals surface area (Å²) in [5.41, 5.74) is 6.28. The minimum atomic E-state index is -0.254. The number of amides is 3. The van der Waals surface area contributed by atoms with Gasteiger partial charge in [-0.1, -0.05) is 48.5 Å². The van der Waals surface area contributed by atoms with Crippen LogP contribution >= 0.6 is 0 Å². The molecule has 3 aromatic carbocycles. The van der Waals surface area contributed by atoms with Gasteiger partial charge in [-0.15, -0.1) is 0 Å². The predicted octanol–water partition coefficient (Wildman–Crippen LogP) is 5.15. The van der Waals surface area contributed by atoms with E-state index in [0.717, 1.165) is 39.7 Å². The van der Waals surface area contributed by atoms with Gasteiger partial charge in [0.15, 0.2) is 0 Å². The molecule has 6 heteroatoms. The van der Waals surface area contributed by atoms with Crippen molar-refractivity contribution in [1.29, 1.82) is 0 Å². The molecule has 1 fully saturated rings. The van der Waals surface area contributed by atoms with Crippen molar-refractivity contribution in [3.8, 4) is 0 Å². The van der Waals surface area contributed by atoms with Crippen molar-refractivity contribution in [1.82, 2.24) is 14.4 Å². The Bertz CT molecular complexity index is 1500. The fourth-order valence-corrected chi connectivity index (χ4v) is 5.74. The molecule has 2 aliphatic rings. The van der Waals surface area contributed by atoms with E-state index in [2.05, 4.69) is 35.8 Å². The molecule has 0 aliphatic carbocycles. The van der Waals surface area contributed by atoms with E-state index >= 15 is 0 Å². The molecule has 3 amide bonds. The number of aryl methyl sites for hydroxylation is 1. The molecule has 36 heavy (non-hydrogen) atoms. The monoisotopic (exact) mass is 477 g/mol. The first-order chi connectivity index (χ1) is 17.4. The molecule has 0 radical (unpaired) electrons. The molecular weight excluding hydrogens is 450 g/mol. The zero-order valence-electron chi connectivity index (χ0n) is 20.4. The van der Waals surface area contributed by atoms with Gasteiger partial charge < -0.3 is 9.47 Å². The molecule has 180 valence electrons. The molecule has 2 aliphatic heterocycles. The minimum absolute atomic E-state index is 0.0176. The smallest absolute Gasteiger partial charge is 0.261 e. The molecular formula is C30H27N3O3. The SMILES string of the molecule is Cc1c([C@H]2CCC(=O)N2Cc2ccccc2)c2cc(CN3C(=O)c4ccccc4C3=O)ccc2n1C. The van der Waals surface area contributed by atoms with Crippen molar-refractivity contribution < 1.29 is 14.4 Å². The number of nitrogens with zero attached hydrogens (tertiary/aromatic N) is 3. The summed E-state index contributed by atoms with van der Waals surface area (Å²) in [5.74, 6) is -0.339. The predicted molar refractivity (Wildman–Crippen MR) is 137 cm³/mol. The van der Waals surface area contributed by atoms with Crippen LogP contribution in [0.15, 0.2) is 72.8 Å². The highest BCUT2D eigenvalue weighted by Gasteiger charge is 2.37. The number of fused-ring (bicyclic) bond motifs is 2. The number of aromatic nitrogens is 1. The second kappa shape index (κ2) is 8.48. The van der Waals surface area contributed by atoms with Crippen LogP contribution in [0.1, 0.15) is 62.0 Å². The van der Waals surface area contributed by atoms with Crippen molar-refractivity contribution in [2.45, 2.75) is 38.9 Å². The third-order valence-corrected chi connectivity index (χ3v) is 7.68. The van der Waals surface area contributed by atoms with Crippen LogP contribution in [0.2, 0.25) is 0 Å². The highest BCUT2D eigenvalue weighted by molar-refractivity contribution is 6.21. The largest absolute Gasteiger partial charge is 0.348 e. The molecule has 0 N–H and O–H groups in total. The number of imide groups is 1. The fourth-order valence-electron chi connectivity index (χ4n) is 5.74. The van der Waals surface area contributed by atoms with Crippen LogP contribution in [0.5, 0.6) is 0 Å². The van der Waals surface area contributed by atoms with E-state index in [0.29, 0.717) is 24.1 Å². The highest BCUT2D eigenvalue weighted by atomic mass is 16.2. The zero-order chi connectivity index (χ0) is 25.0. The first-order valence-corrected chi connectivity index (χ1v) is 12.3. The topological polar surface area (TPSA) is 62.6 Å². The number of hydrogen-bond acceptors (Lipinski definition) is 3. The van der Waals surface area contributed by atoms with Crippen molar-refractivity contribution in [2.75, 3.05) is 0 Å². The maximum absolute atomic E-state index is 12.9. The average molecular weight is 478 g/mol. The third-order valence-electron chi connectivity index (χ3n) is 7.68. The summed E-state index contributed by atoms with van der Waals surface area (Å²) in [6.45, 7) is 2.89. The molecule has 1 saturated heterocycles. The van der Waals surface area contributed by atoms with E-state index in [1.807, 2.05) is 36.2 Å². The summed E-state index contributed by atoms with van der Waals surface area (Å²) >= 11 is 0. The Morgan fingerprint density at radius 1 is 0.806 bits per heavy atom. The number of likely N-dealkylation sites (tertiary alicyclic amines) is 1. The first kappa shape index (κ1) is 22.3. The van der Waals surface area contributed by atoms with Crippen LogP contribution < -0.4 is 0 Å². The van der Waals surface area contributed by atoms with Gasteiger partial charge in [-0.2, -0.15) is 0 Å². The first-order valence-electron chi connectivity index (χ1n) is 12.3. The maximum atomic E-state index is 12.9. The average Bonchev–Trinajstić information content (AvgIpc) is 3.46. The van der Waals surface area contributed by atoms with Crippen LogP contribution in [-0.4, -0.2) is 32.1 Å². The molecule has 0 unspecified atom stereocenters. The number of carbonyl (C=O) groups excluding carboxylic acids is 3. The molecule has 6 rings (SSSR count). The van der Waals surface area contributed by atoms with Crippen LogP contribution in [0.25, 0.3) is 10.9 Å². The van der Waals surface area contributed by atoms with Crippen LogP contribution in [0.3, 0.4) is 0 Å². The third kappa shape index (κ3) is 3.44. The van der Waals surface area contributed by atoms with E-state index in [9.17, 15) is 14.4 Å². The summed E-state index contributed by atoms with van der Waals surface area (Å²) < 4.78 is 2.17. The Labute approximate surface area is 209 Å². The summed E-state index contributed by atoms with van der Waals surface area (Å²) in [6.07, 6.45) is 1.30. The van der Waals surface area contributed by atoms with Crippen molar-refractivity contribution in [3.05, 3.63) is 106 Å².